The Morgan fingerprint density at radius 1 is 1.19 bits per heavy atom. The van der Waals surface area contributed by atoms with Crippen LogP contribution in [0.25, 0.3) is 0 Å². The molecule has 36 heavy (non-hydrogen) atoms. The first-order chi connectivity index (χ1) is 16.8. The Kier molecular flexibility index (Phi) is 6.87. The van der Waals surface area contributed by atoms with Crippen LogP contribution in [0.15, 0.2) is 23.2 Å². The number of rotatable bonds is 8. The van der Waals surface area contributed by atoms with Gasteiger partial charge in [-0.3, -0.25) is 9.48 Å². The number of hydrogen-bond acceptors (Lipinski definition) is 7. The number of hydrogen-bond donors (Lipinski definition) is 0. The van der Waals surface area contributed by atoms with Gasteiger partial charge in [0.15, 0.2) is 9.84 Å². The number of aromatic nitrogens is 4. The van der Waals surface area contributed by atoms with Gasteiger partial charge in [0.2, 0.25) is 11.7 Å². The van der Waals surface area contributed by atoms with Crippen molar-refractivity contribution in [1.82, 2.24) is 19.6 Å². The largest absolute Gasteiger partial charge is 0.403 e. The van der Waals surface area contributed by atoms with Gasteiger partial charge in [-0.05, 0) is 57.7 Å². The van der Waals surface area contributed by atoms with Crippen LogP contribution in [0.3, 0.4) is 0 Å². The minimum atomic E-state index is -3.54. The number of aryl methyl sites for hydroxylation is 2. The highest BCUT2D eigenvalue weighted by Gasteiger charge is 2.38. The average molecular weight is 533 g/mol. The van der Waals surface area contributed by atoms with Crippen molar-refractivity contribution < 1.29 is 22.7 Å². The molecule has 0 radical (unpaired) electrons. The summed E-state index contributed by atoms with van der Waals surface area (Å²) in [7, 11) is -1.84. The second kappa shape index (κ2) is 9.48. The lowest BCUT2D eigenvalue weighted by Crippen LogP contribution is -2.16. The minimum Gasteiger partial charge on any atom is -0.403 e. The quantitative estimate of drug-likeness (QED) is 0.311. The number of nitrogens with zero attached hydrogens (tertiary/aromatic N) is 4. The standard InChI is InChI=1S/C25H29ClN4O5S/c1-7-16-19(36(6,33)34)11-10-17(21(16)26)23(31)20-22(15-8-9-15)28-30(13(2)3)24(20)35-25(32)18-12-29(5)27-14(18)4/h10-13,15H,7-9H2,1-6H3. The summed E-state index contributed by atoms with van der Waals surface area (Å²) in [6.45, 7) is 7.24. The first-order valence-electron chi connectivity index (χ1n) is 11.8. The molecule has 1 fully saturated rings. The number of esters is 1. The highest BCUT2D eigenvalue weighted by Crippen LogP contribution is 2.45. The summed E-state index contributed by atoms with van der Waals surface area (Å²) >= 11 is 6.63. The van der Waals surface area contributed by atoms with Gasteiger partial charge in [-0.1, -0.05) is 18.5 Å². The van der Waals surface area contributed by atoms with Gasteiger partial charge in [0.05, 0.1) is 27.3 Å². The molecule has 0 bridgehead atoms. The lowest BCUT2D eigenvalue weighted by atomic mass is 9.98. The molecule has 4 rings (SSSR count). The van der Waals surface area contributed by atoms with E-state index in [2.05, 4.69) is 10.2 Å². The normalized spacial score (nSPS) is 13.9. The van der Waals surface area contributed by atoms with E-state index in [-0.39, 0.29) is 44.4 Å². The third kappa shape index (κ3) is 4.71. The van der Waals surface area contributed by atoms with E-state index in [1.54, 1.807) is 31.8 Å². The number of ether oxygens (including phenoxy) is 1. The van der Waals surface area contributed by atoms with Crippen molar-refractivity contribution in [1.29, 1.82) is 0 Å². The summed E-state index contributed by atoms with van der Waals surface area (Å²) < 4.78 is 33.4. The minimum absolute atomic E-state index is 0.0476. The Balaban J connectivity index is 1.88. The van der Waals surface area contributed by atoms with Crippen molar-refractivity contribution >= 4 is 33.2 Å². The molecule has 0 saturated heterocycles. The maximum atomic E-state index is 14.0. The van der Waals surface area contributed by atoms with Crippen LogP contribution < -0.4 is 4.74 Å². The van der Waals surface area contributed by atoms with Gasteiger partial charge in [-0.15, -0.1) is 0 Å². The smallest absolute Gasteiger partial charge is 0.348 e. The van der Waals surface area contributed by atoms with Gasteiger partial charge in [-0.2, -0.15) is 10.2 Å². The van der Waals surface area contributed by atoms with Crippen LogP contribution in [0, 0.1) is 6.92 Å². The fourth-order valence-electron chi connectivity index (χ4n) is 4.27. The molecule has 1 aromatic carbocycles. The highest BCUT2D eigenvalue weighted by molar-refractivity contribution is 7.90. The Labute approximate surface area is 215 Å². The molecular formula is C25H29ClN4O5S. The van der Waals surface area contributed by atoms with Crippen molar-refractivity contribution in [3.8, 4) is 5.88 Å². The maximum absolute atomic E-state index is 14.0. The van der Waals surface area contributed by atoms with E-state index in [1.807, 2.05) is 13.8 Å². The van der Waals surface area contributed by atoms with E-state index in [9.17, 15) is 18.0 Å². The number of sulfone groups is 1. The molecule has 1 aliphatic carbocycles. The van der Waals surface area contributed by atoms with E-state index in [0.717, 1.165) is 19.1 Å². The van der Waals surface area contributed by atoms with Gasteiger partial charge in [0.1, 0.15) is 11.1 Å². The molecule has 0 amide bonds. The summed E-state index contributed by atoms with van der Waals surface area (Å²) in [5, 5.41) is 8.95. The number of halogens is 1. The summed E-state index contributed by atoms with van der Waals surface area (Å²) in [5.41, 5.74) is 2.03. The molecule has 9 nitrogen and oxygen atoms in total. The third-order valence-corrected chi connectivity index (χ3v) is 7.81. The van der Waals surface area contributed by atoms with Crippen LogP contribution in [0.2, 0.25) is 5.02 Å². The van der Waals surface area contributed by atoms with Crippen molar-refractivity contribution in [2.45, 2.75) is 63.8 Å². The summed E-state index contributed by atoms with van der Waals surface area (Å²) in [4.78, 5) is 27.2. The second-order valence-corrected chi connectivity index (χ2v) is 11.8. The second-order valence-electron chi connectivity index (χ2n) is 9.43. The maximum Gasteiger partial charge on any atom is 0.348 e. The Morgan fingerprint density at radius 2 is 1.86 bits per heavy atom. The predicted octanol–water partition coefficient (Wildman–Crippen LogP) is 4.45. The average Bonchev–Trinajstić information content (AvgIpc) is 3.48. The van der Waals surface area contributed by atoms with Crippen molar-refractivity contribution in [2.75, 3.05) is 6.26 Å². The van der Waals surface area contributed by atoms with Gasteiger partial charge in [0.25, 0.3) is 0 Å². The van der Waals surface area contributed by atoms with E-state index >= 15 is 0 Å². The van der Waals surface area contributed by atoms with E-state index in [1.165, 1.54) is 16.8 Å². The molecule has 0 N–H and O–H groups in total. The van der Waals surface area contributed by atoms with Gasteiger partial charge >= 0.3 is 5.97 Å². The Morgan fingerprint density at radius 3 is 2.36 bits per heavy atom. The van der Waals surface area contributed by atoms with Crippen molar-refractivity contribution in [2.24, 2.45) is 7.05 Å². The Hall–Kier alpha value is -2.98. The van der Waals surface area contributed by atoms with Crippen LogP contribution in [0.5, 0.6) is 5.88 Å². The zero-order valence-corrected chi connectivity index (χ0v) is 22.7. The summed E-state index contributed by atoms with van der Waals surface area (Å²) in [6, 6.07) is 2.62. The molecule has 0 aliphatic heterocycles. The first-order valence-corrected chi connectivity index (χ1v) is 14.0. The van der Waals surface area contributed by atoms with Crippen LogP contribution in [-0.4, -0.2) is 46.0 Å². The fraction of sp³-hybridized carbons (Fsp3) is 0.440. The summed E-state index contributed by atoms with van der Waals surface area (Å²) in [5.74, 6) is -0.992. The molecule has 3 aromatic rings. The SMILES string of the molecule is CCc1c(S(C)(=O)=O)ccc(C(=O)c2c(C3CC3)nn(C(C)C)c2OC(=O)c2cn(C)nc2C)c1Cl. The fourth-order valence-corrected chi connectivity index (χ4v) is 5.72. The van der Waals surface area contributed by atoms with E-state index in [0.29, 0.717) is 23.4 Å². The number of benzene rings is 1. The van der Waals surface area contributed by atoms with Crippen LogP contribution in [-0.2, 0) is 23.3 Å². The predicted molar refractivity (Wildman–Crippen MR) is 135 cm³/mol. The molecule has 0 atom stereocenters. The molecular weight excluding hydrogens is 504 g/mol. The van der Waals surface area contributed by atoms with Gasteiger partial charge in [-0.25, -0.2) is 17.9 Å². The van der Waals surface area contributed by atoms with E-state index in [4.69, 9.17) is 16.3 Å². The molecule has 1 aliphatic rings. The zero-order chi connectivity index (χ0) is 26.5. The third-order valence-electron chi connectivity index (χ3n) is 6.19. The highest BCUT2D eigenvalue weighted by atomic mass is 35.5. The van der Waals surface area contributed by atoms with Crippen molar-refractivity contribution in [3.63, 3.8) is 0 Å². The molecule has 1 saturated carbocycles. The van der Waals surface area contributed by atoms with Crippen LogP contribution in [0.4, 0.5) is 0 Å². The Bertz CT molecular complexity index is 1480. The lowest BCUT2D eigenvalue weighted by molar-refractivity contribution is 0.0713. The topological polar surface area (TPSA) is 113 Å². The molecule has 2 heterocycles. The first kappa shape index (κ1) is 26.1. The molecule has 192 valence electrons. The van der Waals surface area contributed by atoms with Crippen molar-refractivity contribution in [3.05, 3.63) is 57.0 Å². The number of carbonyl (C=O) groups is 2. The molecule has 2 aromatic heterocycles. The van der Waals surface area contributed by atoms with Crippen LogP contribution >= 0.6 is 11.6 Å². The number of ketones is 1. The monoisotopic (exact) mass is 532 g/mol. The lowest BCUT2D eigenvalue weighted by Gasteiger charge is -2.14. The summed E-state index contributed by atoms with van der Waals surface area (Å²) in [6.07, 6.45) is 4.72. The van der Waals surface area contributed by atoms with E-state index < -0.39 is 21.6 Å². The molecule has 0 unspecified atom stereocenters. The van der Waals surface area contributed by atoms with Gasteiger partial charge < -0.3 is 4.74 Å². The number of carbonyl (C=O) groups excluding carboxylic acids is 2. The molecule has 0 spiro atoms. The zero-order valence-electron chi connectivity index (χ0n) is 21.1. The molecule has 11 heteroatoms. The van der Waals surface area contributed by atoms with Crippen LogP contribution in [0.1, 0.15) is 88.8 Å². The van der Waals surface area contributed by atoms with Gasteiger partial charge in [0, 0.05) is 31.0 Å².